The summed E-state index contributed by atoms with van der Waals surface area (Å²) in [5.41, 5.74) is 16.5. The van der Waals surface area contributed by atoms with E-state index < -0.39 is 0 Å². The zero-order valence-corrected chi connectivity index (χ0v) is 28.5. The average molecular weight is 623 g/mol. The molecule has 0 amide bonds. The van der Waals surface area contributed by atoms with Crippen molar-refractivity contribution in [3.63, 3.8) is 0 Å². The van der Waals surface area contributed by atoms with Crippen LogP contribution in [0.5, 0.6) is 0 Å². The number of esters is 2. The van der Waals surface area contributed by atoms with E-state index in [1.54, 1.807) is 0 Å². The molecule has 0 radical (unpaired) electrons. The minimum absolute atomic E-state index is 0.221. The highest BCUT2D eigenvalue weighted by Crippen LogP contribution is 2.37. The predicted octanol–water partition coefficient (Wildman–Crippen LogP) is 8.60. The zero-order chi connectivity index (χ0) is 33.1. The van der Waals surface area contributed by atoms with E-state index in [1.807, 2.05) is 13.8 Å². The molecule has 3 aromatic heterocycles. The highest BCUT2D eigenvalue weighted by molar-refractivity contribution is 5.95. The molecule has 0 saturated carbocycles. The Morgan fingerprint density at radius 3 is 1.61 bits per heavy atom. The molecule has 242 valence electrons. The molecule has 3 aromatic rings. The maximum Gasteiger partial charge on any atom is 0.306 e. The van der Waals surface area contributed by atoms with Crippen LogP contribution in [-0.2, 0) is 31.9 Å². The van der Waals surface area contributed by atoms with Crippen molar-refractivity contribution in [2.75, 3.05) is 13.2 Å². The fraction of sp³-hybridized carbons (Fsp3) is 0.421. The number of hydrogen-bond acceptors (Lipinski definition) is 6. The van der Waals surface area contributed by atoms with E-state index in [0.717, 1.165) is 80.0 Å². The Morgan fingerprint density at radius 2 is 1.04 bits per heavy atom. The molecule has 5 rings (SSSR count). The van der Waals surface area contributed by atoms with E-state index in [1.165, 1.54) is 22.3 Å². The highest BCUT2D eigenvalue weighted by atomic mass is 16.5. The van der Waals surface area contributed by atoms with Crippen molar-refractivity contribution >= 4 is 56.3 Å². The molecule has 2 aliphatic rings. The maximum atomic E-state index is 12.4. The Balaban J connectivity index is 1.85. The van der Waals surface area contributed by atoms with Gasteiger partial charge in [-0.1, -0.05) is 13.8 Å². The lowest BCUT2D eigenvalue weighted by atomic mass is 10.00. The molecule has 2 aliphatic heterocycles. The van der Waals surface area contributed by atoms with Crippen LogP contribution < -0.4 is 0 Å². The Kier molecular flexibility index (Phi) is 9.94. The second-order valence-electron chi connectivity index (χ2n) is 12.0. The van der Waals surface area contributed by atoms with Crippen LogP contribution in [0.1, 0.15) is 112 Å². The molecule has 5 heterocycles. The molecular formula is C38H46N4O4. The summed E-state index contributed by atoms with van der Waals surface area (Å²) in [5.74, 6) is -0.446. The van der Waals surface area contributed by atoms with Gasteiger partial charge in [-0.3, -0.25) is 9.59 Å². The summed E-state index contributed by atoms with van der Waals surface area (Å²) in [6, 6.07) is 8.49. The number of H-pyrrole nitrogens is 2. The van der Waals surface area contributed by atoms with E-state index in [0.29, 0.717) is 26.1 Å². The number of aryl methyl sites for hydroxylation is 4. The van der Waals surface area contributed by atoms with E-state index in [9.17, 15) is 9.59 Å². The van der Waals surface area contributed by atoms with Gasteiger partial charge in [0.25, 0.3) is 0 Å². The van der Waals surface area contributed by atoms with E-state index in [4.69, 9.17) is 19.4 Å². The number of carbonyl (C=O) groups excluding carboxylic acids is 2. The number of nitrogens with zero attached hydrogens (tertiary/aromatic N) is 2. The first-order valence-corrected chi connectivity index (χ1v) is 16.5. The van der Waals surface area contributed by atoms with Crippen LogP contribution >= 0.6 is 0 Å². The second kappa shape index (κ2) is 13.9. The highest BCUT2D eigenvalue weighted by Gasteiger charge is 2.21. The maximum absolute atomic E-state index is 12.4. The lowest BCUT2D eigenvalue weighted by Gasteiger charge is -2.05. The van der Waals surface area contributed by atoms with Gasteiger partial charge in [-0.15, -0.1) is 0 Å². The largest absolute Gasteiger partial charge is 0.466 e. The molecule has 8 heteroatoms. The van der Waals surface area contributed by atoms with E-state index in [-0.39, 0.29) is 24.8 Å². The fourth-order valence-electron chi connectivity index (χ4n) is 6.68. The molecule has 0 aliphatic carbocycles. The van der Waals surface area contributed by atoms with Crippen LogP contribution in [-0.4, -0.2) is 45.1 Å². The van der Waals surface area contributed by atoms with Crippen molar-refractivity contribution in [2.24, 2.45) is 0 Å². The van der Waals surface area contributed by atoms with Crippen LogP contribution in [0, 0.1) is 13.8 Å². The number of hydrogen-bond donors (Lipinski definition) is 2. The van der Waals surface area contributed by atoms with Crippen LogP contribution in [0.2, 0.25) is 0 Å². The van der Waals surface area contributed by atoms with Gasteiger partial charge in [0.2, 0.25) is 0 Å². The van der Waals surface area contributed by atoms with Gasteiger partial charge in [-0.05, 0) is 136 Å². The van der Waals surface area contributed by atoms with E-state index >= 15 is 0 Å². The standard InChI is InChI=1S/C38H46N4O4/c1-9-25-21(5)29-17-30-23(7)27(13-15-37(43)45-11-3)35(41-30)20-36-28(14-16-38(44)46-12-4)24(8)32(42-36)19-34-26(10-2)22(6)31(40-34)18-33(25)39-29/h17-20,39,42H,9-16H2,1-8H3. The van der Waals surface area contributed by atoms with Crippen molar-refractivity contribution in [3.8, 4) is 0 Å². The minimum Gasteiger partial charge on any atom is -0.466 e. The van der Waals surface area contributed by atoms with Gasteiger partial charge in [0, 0.05) is 34.9 Å². The Morgan fingerprint density at radius 1 is 0.587 bits per heavy atom. The summed E-state index contributed by atoms with van der Waals surface area (Å²) in [5, 5.41) is 0. The molecule has 0 aromatic carbocycles. The quantitative estimate of drug-likeness (QED) is 0.219. The second-order valence-corrected chi connectivity index (χ2v) is 12.0. The van der Waals surface area contributed by atoms with Gasteiger partial charge >= 0.3 is 11.9 Å². The molecule has 0 fully saturated rings. The van der Waals surface area contributed by atoms with Crippen LogP contribution in [0.25, 0.3) is 44.4 Å². The molecule has 0 atom stereocenters. The number of nitrogens with one attached hydrogen (secondary N) is 2. The first kappa shape index (κ1) is 32.9. The third-order valence-electron chi connectivity index (χ3n) is 9.28. The van der Waals surface area contributed by atoms with Crippen molar-refractivity contribution in [1.29, 1.82) is 0 Å². The summed E-state index contributed by atoms with van der Waals surface area (Å²) >= 11 is 0. The summed E-state index contributed by atoms with van der Waals surface area (Å²) < 4.78 is 10.5. The molecule has 46 heavy (non-hydrogen) atoms. The topological polar surface area (TPSA) is 110 Å². The van der Waals surface area contributed by atoms with Gasteiger partial charge < -0.3 is 19.4 Å². The first-order valence-electron chi connectivity index (χ1n) is 16.5. The SMILES string of the molecule is CCOC(=O)CCC1=C(C)c2cc3[nH]c(cc4nc(cc5[nH]c(cc1n2)c(CCC(=O)OCC)c5C)C(CC)=C4C)c(CC)c3C. The van der Waals surface area contributed by atoms with Crippen molar-refractivity contribution in [2.45, 2.75) is 93.9 Å². The fourth-order valence-corrected chi connectivity index (χ4v) is 6.68. The zero-order valence-electron chi connectivity index (χ0n) is 28.5. The molecular weight excluding hydrogens is 576 g/mol. The lowest BCUT2D eigenvalue weighted by molar-refractivity contribution is -0.143. The third-order valence-corrected chi connectivity index (χ3v) is 9.28. The van der Waals surface area contributed by atoms with Gasteiger partial charge in [0.15, 0.2) is 0 Å². The van der Waals surface area contributed by atoms with E-state index in [2.05, 4.69) is 75.8 Å². The molecule has 0 saturated heterocycles. The van der Waals surface area contributed by atoms with Crippen LogP contribution in [0.15, 0.2) is 24.3 Å². The number of aromatic amines is 2. The van der Waals surface area contributed by atoms with Crippen LogP contribution in [0.4, 0.5) is 0 Å². The predicted molar refractivity (Wildman–Crippen MR) is 186 cm³/mol. The summed E-state index contributed by atoms with van der Waals surface area (Å²) in [7, 11) is 0. The van der Waals surface area contributed by atoms with Gasteiger partial charge in [0.1, 0.15) is 0 Å². The van der Waals surface area contributed by atoms with Crippen molar-refractivity contribution in [3.05, 3.63) is 69.3 Å². The Labute approximate surface area is 271 Å². The Hall–Kier alpha value is -4.46. The summed E-state index contributed by atoms with van der Waals surface area (Å²) in [4.78, 5) is 42.5. The number of aromatic nitrogens is 4. The number of allylic oxidation sites excluding steroid dienone is 4. The van der Waals surface area contributed by atoms with Crippen LogP contribution in [0.3, 0.4) is 0 Å². The van der Waals surface area contributed by atoms with Gasteiger partial charge in [-0.25, -0.2) is 9.97 Å². The lowest BCUT2D eigenvalue weighted by Crippen LogP contribution is -2.05. The first-order chi connectivity index (χ1) is 22.1. The number of ether oxygens (including phenoxy) is 2. The smallest absolute Gasteiger partial charge is 0.306 e. The average Bonchev–Trinajstić information content (AvgIpc) is 3.68. The summed E-state index contributed by atoms with van der Waals surface area (Å²) in [6.45, 7) is 17.2. The van der Waals surface area contributed by atoms with Crippen molar-refractivity contribution in [1.82, 2.24) is 19.9 Å². The minimum atomic E-state index is -0.225. The van der Waals surface area contributed by atoms with Crippen molar-refractivity contribution < 1.29 is 19.1 Å². The Bertz CT molecular complexity index is 1920. The molecule has 8 nitrogen and oxygen atoms in total. The molecule has 2 N–H and O–H groups in total. The number of rotatable bonds is 10. The number of carbonyl (C=O) groups is 2. The monoisotopic (exact) mass is 622 g/mol. The molecule has 0 unspecified atom stereocenters. The van der Waals surface area contributed by atoms with Gasteiger partial charge in [-0.2, -0.15) is 0 Å². The normalized spacial score (nSPS) is 13.0. The molecule has 8 bridgehead atoms. The summed E-state index contributed by atoms with van der Waals surface area (Å²) in [6.07, 6.45) is 3.32. The number of fused-ring (bicyclic) bond motifs is 8. The van der Waals surface area contributed by atoms with Gasteiger partial charge in [0.05, 0.1) is 36.0 Å². The molecule has 0 spiro atoms. The third kappa shape index (κ3) is 6.43.